The van der Waals surface area contributed by atoms with E-state index >= 15 is 0 Å². The van der Waals surface area contributed by atoms with Crippen molar-refractivity contribution in [2.75, 3.05) is 18.6 Å². The number of methoxy groups -OCH3 is 1. The summed E-state index contributed by atoms with van der Waals surface area (Å²) in [7, 11) is 1.72. The zero-order valence-corrected chi connectivity index (χ0v) is 12.6. The van der Waals surface area contributed by atoms with Crippen LogP contribution < -0.4 is 4.90 Å². The van der Waals surface area contributed by atoms with Gasteiger partial charge in [-0.1, -0.05) is 12.1 Å². The van der Waals surface area contributed by atoms with Gasteiger partial charge in [-0.2, -0.15) is 9.36 Å². The molecule has 1 fully saturated rings. The molecule has 0 saturated carbocycles. The second-order valence-corrected chi connectivity index (χ2v) is 5.52. The quantitative estimate of drug-likeness (QED) is 0.850. The highest BCUT2D eigenvalue weighted by Gasteiger charge is 2.38. The van der Waals surface area contributed by atoms with Gasteiger partial charge in [0, 0.05) is 38.0 Å². The van der Waals surface area contributed by atoms with Gasteiger partial charge in [0.2, 0.25) is 11.0 Å². The van der Waals surface area contributed by atoms with Gasteiger partial charge in [0.05, 0.1) is 6.10 Å². The van der Waals surface area contributed by atoms with Crippen LogP contribution in [-0.2, 0) is 11.2 Å². The van der Waals surface area contributed by atoms with Gasteiger partial charge in [-0.05, 0) is 6.92 Å². The van der Waals surface area contributed by atoms with Gasteiger partial charge in [0.25, 0.3) is 0 Å². The molecular formula is C12H17N5O2S. The summed E-state index contributed by atoms with van der Waals surface area (Å²) < 4.78 is 15.1. The van der Waals surface area contributed by atoms with E-state index in [4.69, 9.17) is 9.26 Å². The minimum absolute atomic E-state index is 0.0128. The van der Waals surface area contributed by atoms with E-state index in [1.54, 1.807) is 7.11 Å². The average molecular weight is 295 g/mol. The Morgan fingerprint density at radius 2 is 2.30 bits per heavy atom. The van der Waals surface area contributed by atoms with Crippen LogP contribution >= 0.6 is 11.5 Å². The standard InChI is InChI=1S/C12H17N5O2S/c1-4-10-14-12(20-16-10)17-6-8(18-3)5-9(17)11-13-7(2)15-19-11/h8-9H,4-6H2,1-3H3/t8-,9-/m1/s1. The lowest BCUT2D eigenvalue weighted by atomic mass is 10.2. The highest BCUT2D eigenvalue weighted by molar-refractivity contribution is 7.09. The summed E-state index contributed by atoms with van der Waals surface area (Å²) in [5, 5.41) is 4.77. The lowest BCUT2D eigenvalue weighted by Gasteiger charge is -2.19. The molecule has 3 rings (SSSR count). The molecule has 2 aromatic rings. The summed E-state index contributed by atoms with van der Waals surface area (Å²) >= 11 is 1.41. The fourth-order valence-corrected chi connectivity index (χ4v) is 3.18. The summed E-state index contributed by atoms with van der Waals surface area (Å²) in [6.07, 6.45) is 1.79. The van der Waals surface area contributed by atoms with Crippen LogP contribution in [0.2, 0.25) is 0 Å². The maximum atomic E-state index is 5.48. The van der Waals surface area contributed by atoms with E-state index in [1.807, 2.05) is 13.8 Å². The normalized spacial score (nSPS) is 22.6. The third-order valence-corrected chi connectivity index (χ3v) is 4.23. The molecule has 1 saturated heterocycles. The van der Waals surface area contributed by atoms with Crippen molar-refractivity contribution in [3.05, 3.63) is 17.5 Å². The molecule has 0 bridgehead atoms. The molecule has 3 heterocycles. The Morgan fingerprint density at radius 3 is 2.90 bits per heavy atom. The van der Waals surface area contributed by atoms with Gasteiger partial charge in [-0.25, -0.2) is 4.98 Å². The van der Waals surface area contributed by atoms with Crippen LogP contribution in [0.3, 0.4) is 0 Å². The van der Waals surface area contributed by atoms with Crippen LogP contribution in [0.25, 0.3) is 0 Å². The fourth-order valence-electron chi connectivity index (χ4n) is 2.37. The summed E-state index contributed by atoms with van der Waals surface area (Å²) in [6.45, 7) is 4.63. The van der Waals surface area contributed by atoms with E-state index in [0.717, 1.165) is 30.3 Å². The van der Waals surface area contributed by atoms with E-state index in [1.165, 1.54) is 11.5 Å². The molecule has 0 unspecified atom stereocenters. The number of nitrogens with zero attached hydrogens (tertiary/aromatic N) is 5. The lowest BCUT2D eigenvalue weighted by molar-refractivity contribution is 0.117. The van der Waals surface area contributed by atoms with E-state index < -0.39 is 0 Å². The van der Waals surface area contributed by atoms with Crippen molar-refractivity contribution in [1.29, 1.82) is 0 Å². The number of aryl methyl sites for hydroxylation is 2. The Balaban J connectivity index is 1.89. The van der Waals surface area contributed by atoms with Crippen LogP contribution in [0.5, 0.6) is 0 Å². The molecule has 20 heavy (non-hydrogen) atoms. The van der Waals surface area contributed by atoms with Gasteiger partial charge in [-0.15, -0.1) is 0 Å². The number of hydrogen-bond acceptors (Lipinski definition) is 8. The number of ether oxygens (including phenoxy) is 1. The second-order valence-electron chi connectivity index (χ2n) is 4.79. The molecule has 0 radical (unpaired) electrons. The number of anilines is 1. The largest absolute Gasteiger partial charge is 0.380 e. The van der Waals surface area contributed by atoms with Crippen molar-refractivity contribution in [1.82, 2.24) is 19.5 Å². The summed E-state index contributed by atoms with van der Waals surface area (Å²) in [4.78, 5) is 11.0. The predicted octanol–water partition coefficient (Wildman–Crippen LogP) is 1.76. The summed E-state index contributed by atoms with van der Waals surface area (Å²) in [5.41, 5.74) is 0. The minimum Gasteiger partial charge on any atom is -0.380 e. The summed E-state index contributed by atoms with van der Waals surface area (Å²) in [5.74, 6) is 2.13. The van der Waals surface area contributed by atoms with E-state index in [-0.39, 0.29) is 12.1 Å². The lowest BCUT2D eigenvalue weighted by Crippen LogP contribution is -2.24. The number of rotatable bonds is 4. The Hall–Kier alpha value is -1.54. The van der Waals surface area contributed by atoms with Crippen molar-refractivity contribution in [3.8, 4) is 0 Å². The fraction of sp³-hybridized carbons (Fsp3) is 0.667. The third-order valence-electron chi connectivity index (χ3n) is 3.44. The third kappa shape index (κ3) is 2.40. The van der Waals surface area contributed by atoms with Crippen molar-refractivity contribution < 1.29 is 9.26 Å². The molecule has 0 N–H and O–H groups in total. The predicted molar refractivity (Wildman–Crippen MR) is 73.8 cm³/mol. The molecule has 0 aliphatic carbocycles. The number of aromatic nitrogens is 4. The molecule has 7 nitrogen and oxygen atoms in total. The van der Waals surface area contributed by atoms with E-state index in [2.05, 4.69) is 24.4 Å². The first kappa shape index (κ1) is 13.4. The smallest absolute Gasteiger partial charge is 0.249 e. The van der Waals surface area contributed by atoms with E-state index in [9.17, 15) is 0 Å². The zero-order chi connectivity index (χ0) is 14.1. The second kappa shape index (κ2) is 5.45. The number of hydrogen-bond donors (Lipinski definition) is 0. The molecule has 1 aliphatic rings. The topological polar surface area (TPSA) is 77.2 Å². The van der Waals surface area contributed by atoms with Crippen LogP contribution in [-0.4, -0.2) is 39.3 Å². The molecule has 2 aromatic heterocycles. The highest BCUT2D eigenvalue weighted by Crippen LogP contribution is 2.37. The minimum atomic E-state index is 0.0128. The maximum absolute atomic E-state index is 5.48. The first-order valence-corrected chi connectivity index (χ1v) is 7.40. The first-order valence-electron chi connectivity index (χ1n) is 6.63. The van der Waals surface area contributed by atoms with Gasteiger partial charge >= 0.3 is 0 Å². The SMILES string of the molecule is CCc1nsc(N2C[C@H](OC)C[C@@H]2c2nc(C)no2)n1. The molecule has 0 spiro atoms. The molecule has 1 aliphatic heterocycles. The van der Waals surface area contributed by atoms with Crippen molar-refractivity contribution in [2.45, 2.75) is 38.8 Å². The monoisotopic (exact) mass is 295 g/mol. The van der Waals surface area contributed by atoms with Crippen molar-refractivity contribution in [3.63, 3.8) is 0 Å². The van der Waals surface area contributed by atoms with Crippen molar-refractivity contribution in [2.24, 2.45) is 0 Å². The van der Waals surface area contributed by atoms with Crippen molar-refractivity contribution >= 4 is 16.7 Å². The zero-order valence-electron chi connectivity index (χ0n) is 11.7. The van der Waals surface area contributed by atoms with Gasteiger partial charge in [-0.3, -0.25) is 0 Å². The van der Waals surface area contributed by atoms with E-state index in [0.29, 0.717) is 11.7 Å². The molecule has 0 aromatic carbocycles. The van der Waals surface area contributed by atoms with Crippen LogP contribution in [0, 0.1) is 6.92 Å². The Labute approximate surface area is 121 Å². The average Bonchev–Trinajstić information content (AvgIpc) is 3.16. The molecule has 108 valence electrons. The van der Waals surface area contributed by atoms with Crippen LogP contribution in [0.4, 0.5) is 5.13 Å². The van der Waals surface area contributed by atoms with Gasteiger partial charge in [0.1, 0.15) is 11.9 Å². The Bertz CT molecular complexity index is 584. The van der Waals surface area contributed by atoms with Gasteiger partial charge in [0.15, 0.2) is 5.82 Å². The molecular weight excluding hydrogens is 278 g/mol. The molecule has 0 amide bonds. The first-order chi connectivity index (χ1) is 9.71. The summed E-state index contributed by atoms with van der Waals surface area (Å²) in [6, 6.07) is 0.0128. The maximum Gasteiger partial charge on any atom is 0.249 e. The van der Waals surface area contributed by atoms with Crippen LogP contribution in [0.15, 0.2) is 4.52 Å². The highest BCUT2D eigenvalue weighted by atomic mass is 32.1. The van der Waals surface area contributed by atoms with Gasteiger partial charge < -0.3 is 14.2 Å². The Morgan fingerprint density at radius 1 is 1.45 bits per heavy atom. The Kier molecular flexibility index (Phi) is 3.66. The van der Waals surface area contributed by atoms with Crippen LogP contribution in [0.1, 0.15) is 36.9 Å². The molecule has 2 atom stereocenters. The molecule has 8 heteroatoms.